The lowest BCUT2D eigenvalue weighted by atomic mass is 9.94. The van der Waals surface area contributed by atoms with Gasteiger partial charge in [-0.3, -0.25) is 4.79 Å². The summed E-state index contributed by atoms with van der Waals surface area (Å²) in [6.07, 6.45) is 5.67. The topological polar surface area (TPSA) is 29.1 Å². The normalized spacial score (nSPS) is 19.7. The molecule has 1 N–H and O–H groups in total. The van der Waals surface area contributed by atoms with Gasteiger partial charge in [0.2, 0.25) is 0 Å². The van der Waals surface area contributed by atoms with Gasteiger partial charge in [-0.2, -0.15) is 0 Å². The van der Waals surface area contributed by atoms with Gasteiger partial charge in [-0.1, -0.05) is 26.7 Å². The lowest BCUT2D eigenvalue weighted by Gasteiger charge is -2.16. The number of hydrogen-bond acceptors (Lipinski definition) is 1. The van der Waals surface area contributed by atoms with Crippen molar-refractivity contribution in [2.45, 2.75) is 58.9 Å². The average Bonchev–Trinajstić information content (AvgIpc) is 3.01. The minimum absolute atomic E-state index is 0.147. The summed E-state index contributed by atoms with van der Waals surface area (Å²) in [6.45, 7) is 6.17. The molecule has 1 aliphatic carbocycles. The van der Waals surface area contributed by atoms with Crippen LogP contribution in [0.1, 0.15) is 61.9 Å². The van der Waals surface area contributed by atoms with Gasteiger partial charge in [0.1, 0.15) is 5.82 Å². The molecule has 0 spiro atoms. The van der Waals surface area contributed by atoms with Gasteiger partial charge in [0.25, 0.3) is 5.91 Å². The zero-order valence-corrected chi connectivity index (χ0v) is 12.6. The summed E-state index contributed by atoms with van der Waals surface area (Å²) < 4.78 is 13.4. The molecule has 1 fully saturated rings. The van der Waals surface area contributed by atoms with Gasteiger partial charge in [-0.05, 0) is 55.4 Å². The van der Waals surface area contributed by atoms with Crippen LogP contribution in [0.25, 0.3) is 0 Å². The van der Waals surface area contributed by atoms with Crippen molar-refractivity contribution in [1.82, 2.24) is 5.32 Å². The Bertz CT molecular complexity index is 472. The first-order valence-electron chi connectivity index (χ1n) is 7.59. The fraction of sp³-hybridized carbons (Fsp3) is 0.588. The SMILES string of the molecule is CCCC1(CCC)CC1NC(=O)c1cc(C)cc(F)c1. The van der Waals surface area contributed by atoms with Crippen molar-refractivity contribution in [3.63, 3.8) is 0 Å². The highest BCUT2D eigenvalue weighted by molar-refractivity contribution is 5.94. The number of benzene rings is 1. The first-order valence-corrected chi connectivity index (χ1v) is 7.59. The Morgan fingerprint density at radius 3 is 2.50 bits per heavy atom. The molecule has 1 saturated carbocycles. The van der Waals surface area contributed by atoms with E-state index in [1.54, 1.807) is 13.0 Å². The predicted octanol–water partition coefficient (Wildman–Crippen LogP) is 4.22. The van der Waals surface area contributed by atoms with Crippen LogP contribution in [-0.2, 0) is 0 Å². The van der Waals surface area contributed by atoms with Crippen LogP contribution in [-0.4, -0.2) is 11.9 Å². The smallest absolute Gasteiger partial charge is 0.251 e. The Kier molecular flexibility index (Phi) is 4.46. The van der Waals surface area contributed by atoms with Crippen LogP contribution in [0.3, 0.4) is 0 Å². The summed E-state index contributed by atoms with van der Waals surface area (Å²) in [6, 6.07) is 4.75. The van der Waals surface area contributed by atoms with E-state index < -0.39 is 0 Å². The van der Waals surface area contributed by atoms with Gasteiger partial charge >= 0.3 is 0 Å². The Morgan fingerprint density at radius 2 is 1.95 bits per heavy atom. The van der Waals surface area contributed by atoms with Crippen LogP contribution >= 0.6 is 0 Å². The molecule has 1 amide bonds. The molecular formula is C17H24FNO. The summed E-state index contributed by atoms with van der Waals surface area (Å²) >= 11 is 0. The fourth-order valence-electron chi connectivity index (χ4n) is 3.33. The van der Waals surface area contributed by atoms with E-state index in [0.29, 0.717) is 11.0 Å². The molecule has 0 bridgehead atoms. The summed E-state index contributed by atoms with van der Waals surface area (Å²) in [4.78, 5) is 12.2. The number of rotatable bonds is 6. The monoisotopic (exact) mass is 277 g/mol. The summed E-state index contributed by atoms with van der Waals surface area (Å²) in [5, 5.41) is 3.08. The molecule has 3 heteroatoms. The number of aryl methyl sites for hydroxylation is 1. The molecule has 110 valence electrons. The highest BCUT2D eigenvalue weighted by Gasteiger charge is 2.52. The lowest BCUT2D eigenvalue weighted by Crippen LogP contribution is -2.30. The molecule has 2 nitrogen and oxygen atoms in total. The minimum Gasteiger partial charge on any atom is -0.349 e. The third-order valence-corrected chi connectivity index (χ3v) is 4.30. The van der Waals surface area contributed by atoms with Gasteiger partial charge in [0.05, 0.1) is 0 Å². The van der Waals surface area contributed by atoms with Crippen molar-refractivity contribution in [3.8, 4) is 0 Å². The quantitative estimate of drug-likeness (QED) is 0.828. The molecule has 1 atom stereocenters. The predicted molar refractivity (Wildman–Crippen MR) is 79.3 cm³/mol. The second-order valence-electron chi connectivity index (χ2n) is 6.11. The number of halogens is 1. The molecule has 1 aromatic rings. The molecule has 0 saturated heterocycles. The third-order valence-electron chi connectivity index (χ3n) is 4.30. The zero-order valence-electron chi connectivity index (χ0n) is 12.6. The lowest BCUT2D eigenvalue weighted by molar-refractivity contribution is 0.0943. The van der Waals surface area contributed by atoms with Gasteiger partial charge in [0, 0.05) is 11.6 Å². The maximum Gasteiger partial charge on any atom is 0.251 e. The van der Waals surface area contributed by atoms with Crippen LogP contribution in [0, 0.1) is 18.2 Å². The zero-order chi connectivity index (χ0) is 14.8. The van der Waals surface area contributed by atoms with E-state index in [-0.39, 0.29) is 17.8 Å². The molecule has 0 heterocycles. The molecule has 0 aromatic heterocycles. The number of carbonyl (C=O) groups excluding carboxylic acids is 1. The first kappa shape index (κ1) is 15.0. The standard InChI is InChI=1S/C17H24FNO/c1-4-6-17(7-5-2)11-15(17)19-16(20)13-8-12(3)9-14(18)10-13/h8-10,15H,4-7,11H2,1-3H3,(H,19,20). The average molecular weight is 277 g/mol. The van der Waals surface area contributed by atoms with E-state index in [0.717, 1.165) is 37.7 Å². The Labute approximate surface area is 120 Å². The van der Waals surface area contributed by atoms with E-state index in [2.05, 4.69) is 19.2 Å². The second kappa shape index (κ2) is 5.94. The van der Waals surface area contributed by atoms with Gasteiger partial charge in [-0.25, -0.2) is 4.39 Å². The highest BCUT2D eigenvalue weighted by atomic mass is 19.1. The van der Waals surface area contributed by atoms with Crippen LogP contribution in [0.15, 0.2) is 18.2 Å². The maximum absolute atomic E-state index is 13.4. The van der Waals surface area contributed by atoms with E-state index in [9.17, 15) is 9.18 Å². The fourth-order valence-corrected chi connectivity index (χ4v) is 3.33. The van der Waals surface area contributed by atoms with Crippen LogP contribution < -0.4 is 5.32 Å². The summed E-state index contributed by atoms with van der Waals surface area (Å²) in [5.41, 5.74) is 1.50. The number of nitrogens with one attached hydrogen (secondary N) is 1. The minimum atomic E-state index is -0.348. The molecule has 2 rings (SSSR count). The molecule has 1 aliphatic rings. The highest BCUT2D eigenvalue weighted by Crippen LogP contribution is 2.53. The van der Waals surface area contributed by atoms with Gasteiger partial charge < -0.3 is 5.32 Å². The van der Waals surface area contributed by atoms with Crippen LogP contribution in [0.2, 0.25) is 0 Å². The molecular weight excluding hydrogens is 253 g/mol. The maximum atomic E-state index is 13.4. The second-order valence-corrected chi connectivity index (χ2v) is 6.11. The Balaban J connectivity index is 2.02. The van der Waals surface area contributed by atoms with Gasteiger partial charge in [0.15, 0.2) is 0 Å². The third kappa shape index (κ3) is 3.20. The van der Waals surface area contributed by atoms with Crippen molar-refractivity contribution in [3.05, 3.63) is 35.1 Å². The van der Waals surface area contributed by atoms with E-state index in [1.165, 1.54) is 12.1 Å². The summed E-state index contributed by atoms with van der Waals surface area (Å²) in [5.74, 6) is -0.494. The molecule has 1 aromatic carbocycles. The number of carbonyl (C=O) groups is 1. The Hall–Kier alpha value is -1.38. The van der Waals surface area contributed by atoms with Gasteiger partial charge in [-0.15, -0.1) is 0 Å². The van der Waals surface area contributed by atoms with E-state index in [1.807, 2.05) is 0 Å². The Morgan fingerprint density at radius 1 is 1.30 bits per heavy atom. The molecule has 0 radical (unpaired) electrons. The molecule has 20 heavy (non-hydrogen) atoms. The van der Waals surface area contributed by atoms with Crippen LogP contribution in [0.5, 0.6) is 0 Å². The van der Waals surface area contributed by atoms with Crippen molar-refractivity contribution < 1.29 is 9.18 Å². The molecule has 0 aliphatic heterocycles. The van der Waals surface area contributed by atoms with Crippen molar-refractivity contribution in [2.75, 3.05) is 0 Å². The van der Waals surface area contributed by atoms with E-state index in [4.69, 9.17) is 0 Å². The van der Waals surface area contributed by atoms with Crippen molar-refractivity contribution in [1.29, 1.82) is 0 Å². The number of amides is 1. The van der Waals surface area contributed by atoms with Crippen LogP contribution in [0.4, 0.5) is 4.39 Å². The van der Waals surface area contributed by atoms with Crippen molar-refractivity contribution >= 4 is 5.91 Å². The van der Waals surface area contributed by atoms with Crippen molar-refractivity contribution in [2.24, 2.45) is 5.41 Å². The molecule has 1 unspecified atom stereocenters. The summed E-state index contributed by atoms with van der Waals surface area (Å²) in [7, 11) is 0. The van der Waals surface area contributed by atoms with E-state index >= 15 is 0 Å². The number of hydrogen-bond donors (Lipinski definition) is 1. The first-order chi connectivity index (χ1) is 9.50. The largest absolute Gasteiger partial charge is 0.349 e.